The second-order valence-electron chi connectivity index (χ2n) is 7.64. The van der Waals surface area contributed by atoms with Gasteiger partial charge in [0.15, 0.2) is 0 Å². The van der Waals surface area contributed by atoms with Gasteiger partial charge in [-0.3, -0.25) is 14.7 Å². The number of carbonyl (C=O) groups excluding carboxylic acids is 2. The molecule has 2 amide bonds. The van der Waals surface area contributed by atoms with E-state index >= 15 is 0 Å². The van der Waals surface area contributed by atoms with E-state index in [4.69, 9.17) is 4.74 Å². The molecule has 1 aliphatic rings. The summed E-state index contributed by atoms with van der Waals surface area (Å²) in [4.78, 5) is 31.3. The molecule has 0 bridgehead atoms. The molecule has 1 atom stereocenters. The van der Waals surface area contributed by atoms with Gasteiger partial charge >= 0.3 is 6.09 Å². The van der Waals surface area contributed by atoms with Gasteiger partial charge in [0, 0.05) is 12.6 Å². The van der Waals surface area contributed by atoms with E-state index in [2.05, 4.69) is 10.3 Å². The lowest BCUT2D eigenvalue weighted by Gasteiger charge is -2.36. The van der Waals surface area contributed by atoms with Crippen molar-refractivity contribution in [3.05, 3.63) is 65.5 Å². The lowest BCUT2D eigenvalue weighted by atomic mass is 9.94. The second kappa shape index (κ2) is 7.78. The molecule has 0 fully saturated rings. The van der Waals surface area contributed by atoms with Crippen molar-refractivity contribution in [1.82, 2.24) is 15.2 Å². The molecule has 1 aliphatic heterocycles. The third-order valence-corrected chi connectivity index (χ3v) is 4.35. The van der Waals surface area contributed by atoms with Crippen molar-refractivity contribution < 1.29 is 14.3 Å². The number of ether oxygens (including phenoxy) is 1. The summed E-state index contributed by atoms with van der Waals surface area (Å²) in [6.45, 7) is 6.13. The van der Waals surface area contributed by atoms with Crippen LogP contribution in [0.5, 0.6) is 0 Å². The van der Waals surface area contributed by atoms with Crippen LogP contribution >= 0.6 is 0 Å². The molecule has 1 aromatic heterocycles. The SMILES string of the molecule is CC(C)(C)OC(=O)N1Cc2ccccc2CC1C(=O)NCc1ccccn1. The molecule has 0 saturated heterocycles. The molecule has 0 saturated carbocycles. The fourth-order valence-electron chi connectivity index (χ4n) is 3.07. The Bertz CT molecular complexity index is 815. The molecule has 6 nitrogen and oxygen atoms in total. The molecule has 27 heavy (non-hydrogen) atoms. The van der Waals surface area contributed by atoms with E-state index in [9.17, 15) is 9.59 Å². The van der Waals surface area contributed by atoms with Crippen LogP contribution in [-0.4, -0.2) is 33.5 Å². The number of benzene rings is 1. The quantitative estimate of drug-likeness (QED) is 0.905. The minimum Gasteiger partial charge on any atom is -0.444 e. The van der Waals surface area contributed by atoms with Crippen LogP contribution in [0.15, 0.2) is 48.7 Å². The highest BCUT2D eigenvalue weighted by atomic mass is 16.6. The van der Waals surface area contributed by atoms with Gasteiger partial charge in [-0.05, 0) is 44.0 Å². The molecule has 2 aromatic rings. The fraction of sp³-hybridized carbons (Fsp3) is 0.381. The Morgan fingerprint density at radius 2 is 1.85 bits per heavy atom. The number of carbonyl (C=O) groups is 2. The minimum atomic E-state index is -0.622. The molecule has 0 spiro atoms. The van der Waals surface area contributed by atoms with E-state index in [1.54, 1.807) is 6.20 Å². The Morgan fingerprint density at radius 1 is 1.15 bits per heavy atom. The molecule has 6 heteroatoms. The van der Waals surface area contributed by atoms with Gasteiger partial charge in [0.1, 0.15) is 11.6 Å². The average Bonchev–Trinajstić information content (AvgIpc) is 2.64. The maximum atomic E-state index is 12.9. The first kappa shape index (κ1) is 18.9. The standard InChI is InChI=1S/C21H25N3O3/c1-21(2,3)27-20(26)24-14-16-9-5-4-8-15(16)12-18(24)19(25)23-13-17-10-6-7-11-22-17/h4-11,18H,12-14H2,1-3H3,(H,23,25). The van der Waals surface area contributed by atoms with Gasteiger partial charge in [-0.15, -0.1) is 0 Å². The van der Waals surface area contributed by atoms with E-state index < -0.39 is 17.7 Å². The van der Waals surface area contributed by atoms with Crippen LogP contribution < -0.4 is 5.32 Å². The molecule has 0 radical (unpaired) electrons. The highest BCUT2D eigenvalue weighted by Gasteiger charge is 2.36. The van der Waals surface area contributed by atoms with Crippen molar-refractivity contribution in [2.45, 2.75) is 51.9 Å². The highest BCUT2D eigenvalue weighted by Crippen LogP contribution is 2.25. The third kappa shape index (κ3) is 4.84. The largest absolute Gasteiger partial charge is 0.444 e. The molecule has 1 N–H and O–H groups in total. The summed E-state index contributed by atoms with van der Waals surface area (Å²) in [5, 5.41) is 2.90. The minimum absolute atomic E-state index is 0.207. The Balaban J connectivity index is 1.78. The number of hydrogen-bond acceptors (Lipinski definition) is 4. The molecule has 3 rings (SSSR count). The van der Waals surface area contributed by atoms with Crippen molar-refractivity contribution in [2.24, 2.45) is 0 Å². The number of rotatable bonds is 3. The molecule has 0 aliphatic carbocycles. The van der Waals surface area contributed by atoms with Gasteiger partial charge in [0.05, 0.1) is 18.8 Å². The number of nitrogens with zero attached hydrogens (tertiary/aromatic N) is 2. The van der Waals surface area contributed by atoms with Crippen molar-refractivity contribution in [2.75, 3.05) is 0 Å². The fourth-order valence-corrected chi connectivity index (χ4v) is 3.07. The highest BCUT2D eigenvalue weighted by molar-refractivity contribution is 5.86. The predicted octanol–water partition coefficient (Wildman–Crippen LogP) is 3.06. The lowest BCUT2D eigenvalue weighted by Crippen LogP contribution is -2.53. The third-order valence-electron chi connectivity index (χ3n) is 4.35. The van der Waals surface area contributed by atoms with Gasteiger partial charge < -0.3 is 10.1 Å². The molecule has 2 heterocycles. The zero-order valence-electron chi connectivity index (χ0n) is 15.9. The Kier molecular flexibility index (Phi) is 5.44. The van der Waals surface area contributed by atoms with Crippen LogP contribution in [0, 0.1) is 0 Å². The van der Waals surface area contributed by atoms with Crippen molar-refractivity contribution in [1.29, 1.82) is 0 Å². The molecule has 142 valence electrons. The molecule has 1 unspecified atom stereocenters. The molecule has 1 aromatic carbocycles. The maximum Gasteiger partial charge on any atom is 0.411 e. The first-order chi connectivity index (χ1) is 12.8. The number of amides is 2. The topological polar surface area (TPSA) is 71.5 Å². The average molecular weight is 367 g/mol. The second-order valence-corrected chi connectivity index (χ2v) is 7.64. The first-order valence-corrected chi connectivity index (χ1v) is 9.07. The number of fused-ring (bicyclic) bond motifs is 1. The number of nitrogens with one attached hydrogen (secondary N) is 1. The Labute approximate surface area is 159 Å². The van der Waals surface area contributed by atoms with Gasteiger partial charge in [-0.25, -0.2) is 4.79 Å². The molecular formula is C21H25N3O3. The van der Waals surface area contributed by atoms with Crippen LogP contribution in [0.25, 0.3) is 0 Å². The van der Waals surface area contributed by atoms with E-state index in [-0.39, 0.29) is 5.91 Å². The number of aromatic nitrogens is 1. The van der Waals surface area contributed by atoms with Gasteiger partial charge in [0.2, 0.25) is 5.91 Å². The summed E-state index contributed by atoms with van der Waals surface area (Å²) >= 11 is 0. The lowest BCUT2D eigenvalue weighted by molar-refractivity contribution is -0.127. The summed E-state index contributed by atoms with van der Waals surface area (Å²) in [7, 11) is 0. The van der Waals surface area contributed by atoms with E-state index in [0.29, 0.717) is 19.5 Å². The zero-order chi connectivity index (χ0) is 19.4. The Morgan fingerprint density at radius 3 is 2.52 bits per heavy atom. The van der Waals surface area contributed by atoms with Crippen molar-refractivity contribution >= 4 is 12.0 Å². The van der Waals surface area contributed by atoms with E-state index in [0.717, 1.165) is 16.8 Å². The predicted molar refractivity (Wildman–Crippen MR) is 102 cm³/mol. The normalized spacial score (nSPS) is 16.4. The summed E-state index contributed by atoms with van der Waals surface area (Å²) in [6.07, 6.45) is 1.67. The maximum absolute atomic E-state index is 12.9. The zero-order valence-corrected chi connectivity index (χ0v) is 15.9. The van der Waals surface area contributed by atoms with Crippen LogP contribution in [0.3, 0.4) is 0 Å². The van der Waals surface area contributed by atoms with Gasteiger partial charge in [0.25, 0.3) is 0 Å². The molecular weight excluding hydrogens is 342 g/mol. The summed E-state index contributed by atoms with van der Waals surface area (Å²) in [5.74, 6) is -0.207. The smallest absolute Gasteiger partial charge is 0.411 e. The van der Waals surface area contributed by atoms with Crippen molar-refractivity contribution in [3.8, 4) is 0 Å². The van der Waals surface area contributed by atoms with Crippen LogP contribution in [0.2, 0.25) is 0 Å². The van der Waals surface area contributed by atoms with E-state index in [1.807, 2.05) is 63.2 Å². The monoisotopic (exact) mass is 367 g/mol. The van der Waals surface area contributed by atoms with Crippen molar-refractivity contribution in [3.63, 3.8) is 0 Å². The van der Waals surface area contributed by atoms with Crippen LogP contribution in [0.4, 0.5) is 4.79 Å². The summed E-state index contributed by atoms with van der Waals surface area (Å²) < 4.78 is 5.53. The van der Waals surface area contributed by atoms with E-state index in [1.165, 1.54) is 4.90 Å². The Hall–Kier alpha value is -2.89. The summed E-state index contributed by atoms with van der Waals surface area (Å²) in [6, 6.07) is 12.8. The number of hydrogen-bond donors (Lipinski definition) is 1. The van der Waals surface area contributed by atoms with Crippen LogP contribution in [0.1, 0.15) is 37.6 Å². The first-order valence-electron chi connectivity index (χ1n) is 9.07. The van der Waals surface area contributed by atoms with Crippen LogP contribution in [-0.2, 0) is 29.0 Å². The summed E-state index contributed by atoms with van der Waals surface area (Å²) in [5.41, 5.74) is 2.27. The van der Waals surface area contributed by atoms with Gasteiger partial charge in [-0.2, -0.15) is 0 Å². The number of pyridine rings is 1. The van der Waals surface area contributed by atoms with Gasteiger partial charge in [-0.1, -0.05) is 30.3 Å².